The molecule has 7 heteroatoms. The van der Waals surface area contributed by atoms with Gasteiger partial charge in [-0.3, -0.25) is 14.9 Å². The van der Waals surface area contributed by atoms with Crippen molar-refractivity contribution >= 4 is 32.6 Å². The number of nitrogens with zero attached hydrogens (tertiary/aromatic N) is 3. The molecule has 0 unspecified atom stereocenters. The maximum atomic E-state index is 13.5. The van der Waals surface area contributed by atoms with Crippen LogP contribution in [0.2, 0.25) is 0 Å². The average molecular weight is 453 g/mol. The second-order valence-corrected chi connectivity index (χ2v) is 8.73. The summed E-state index contributed by atoms with van der Waals surface area (Å²) in [6, 6.07) is 24.9. The maximum absolute atomic E-state index is 13.5. The molecule has 0 saturated heterocycles. The van der Waals surface area contributed by atoms with E-state index < -0.39 is 11.5 Å². The van der Waals surface area contributed by atoms with Gasteiger partial charge in [-0.15, -0.1) is 0 Å². The number of benzene rings is 3. The molecule has 0 aliphatic rings. The molecule has 0 radical (unpaired) electrons. The van der Waals surface area contributed by atoms with E-state index in [9.17, 15) is 9.59 Å². The number of thiazole rings is 1. The van der Waals surface area contributed by atoms with Crippen LogP contribution in [0.4, 0.5) is 5.13 Å². The number of amides is 1. The van der Waals surface area contributed by atoms with Crippen LogP contribution < -0.4 is 10.9 Å². The first-order chi connectivity index (χ1) is 16.0. The number of hydrogen-bond acceptors (Lipinski definition) is 5. The van der Waals surface area contributed by atoms with Crippen molar-refractivity contribution in [3.8, 4) is 22.4 Å². The lowest BCUT2D eigenvalue weighted by atomic mass is 9.95. The Kier molecular flexibility index (Phi) is 5.32. The normalized spacial score (nSPS) is 11.0. The molecule has 0 atom stereocenters. The summed E-state index contributed by atoms with van der Waals surface area (Å²) in [5.41, 5.74) is 4.11. The van der Waals surface area contributed by atoms with Gasteiger partial charge in [0.05, 0.1) is 15.9 Å². The van der Waals surface area contributed by atoms with Crippen LogP contribution in [0, 0.1) is 6.92 Å². The Balaban J connectivity index is 1.69. The van der Waals surface area contributed by atoms with Gasteiger partial charge in [-0.1, -0.05) is 78.1 Å². The van der Waals surface area contributed by atoms with Crippen LogP contribution in [0.1, 0.15) is 15.9 Å². The Bertz CT molecular complexity index is 1540. The van der Waals surface area contributed by atoms with Gasteiger partial charge in [-0.2, -0.15) is 5.10 Å². The standard InChI is InChI=1S/C26H20N4O2S/c1-16-13-14-19-20(15-16)33-26(27-19)28-24(31)22-21(17-9-5-3-6-10-17)23(29-30(2)25(22)32)18-11-7-4-8-12-18/h3-15H,1-2H3,(H,27,28,31). The number of anilines is 1. The van der Waals surface area contributed by atoms with Crippen molar-refractivity contribution in [2.24, 2.45) is 7.05 Å². The lowest BCUT2D eigenvalue weighted by Crippen LogP contribution is -2.31. The highest BCUT2D eigenvalue weighted by molar-refractivity contribution is 7.22. The van der Waals surface area contributed by atoms with Crippen LogP contribution in [0.25, 0.3) is 32.6 Å². The van der Waals surface area contributed by atoms with Crippen molar-refractivity contribution in [3.05, 3.63) is 100 Å². The van der Waals surface area contributed by atoms with E-state index in [2.05, 4.69) is 15.4 Å². The molecule has 0 saturated carbocycles. The summed E-state index contributed by atoms with van der Waals surface area (Å²) in [7, 11) is 1.56. The highest BCUT2D eigenvalue weighted by atomic mass is 32.1. The van der Waals surface area contributed by atoms with Gasteiger partial charge in [0, 0.05) is 18.2 Å². The molecule has 1 amide bonds. The van der Waals surface area contributed by atoms with Crippen molar-refractivity contribution in [2.45, 2.75) is 6.92 Å². The third-order valence-corrected chi connectivity index (χ3v) is 6.28. The van der Waals surface area contributed by atoms with Crippen LogP contribution in [0.5, 0.6) is 0 Å². The molecule has 3 aromatic carbocycles. The van der Waals surface area contributed by atoms with Crippen molar-refractivity contribution in [2.75, 3.05) is 5.32 Å². The van der Waals surface area contributed by atoms with Gasteiger partial charge in [-0.05, 0) is 30.2 Å². The summed E-state index contributed by atoms with van der Waals surface area (Å²) < 4.78 is 2.19. The SMILES string of the molecule is Cc1ccc2nc(NC(=O)c3c(-c4ccccc4)c(-c4ccccc4)nn(C)c3=O)sc2c1. The van der Waals surface area contributed by atoms with Crippen molar-refractivity contribution < 1.29 is 4.79 Å². The Labute approximate surface area is 194 Å². The first kappa shape index (κ1) is 20.8. The van der Waals surface area contributed by atoms with E-state index in [1.54, 1.807) is 7.05 Å². The fourth-order valence-electron chi connectivity index (χ4n) is 3.77. The third kappa shape index (κ3) is 3.94. The van der Waals surface area contributed by atoms with E-state index in [-0.39, 0.29) is 5.56 Å². The van der Waals surface area contributed by atoms with Gasteiger partial charge in [0.2, 0.25) is 0 Å². The fourth-order valence-corrected chi connectivity index (χ4v) is 4.73. The zero-order valence-electron chi connectivity index (χ0n) is 18.1. The summed E-state index contributed by atoms with van der Waals surface area (Å²) in [6.45, 7) is 2.01. The molecule has 0 bridgehead atoms. The number of carbonyl (C=O) groups is 1. The van der Waals surface area contributed by atoms with Gasteiger partial charge in [0.15, 0.2) is 5.13 Å². The minimum absolute atomic E-state index is 0.0352. The van der Waals surface area contributed by atoms with E-state index in [0.717, 1.165) is 26.9 Å². The largest absolute Gasteiger partial charge is 0.298 e. The van der Waals surface area contributed by atoms with Gasteiger partial charge in [-0.25, -0.2) is 9.67 Å². The molecule has 162 valence electrons. The molecule has 5 aromatic rings. The molecule has 0 spiro atoms. The molecular weight excluding hydrogens is 432 g/mol. The highest BCUT2D eigenvalue weighted by Crippen LogP contribution is 2.33. The van der Waals surface area contributed by atoms with Gasteiger partial charge >= 0.3 is 0 Å². The van der Waals surface area contributed by atoms with E-state index in [0.29, 0.717) is 16.4 Å². The Morgan fingerprint density at radius 1 is 0.939 bits per heavy atom. The van der Waals surface area contributed by atoms with E-state index in [4.69, 9.17) is 0 Å². The summed E-state index contributed by atoms with van der Waals surface area (Å²) >= 11 is 1.38. The van der Waals surface area contributed by atoms with Gasteiger partial charge < -0.3 is 0 Å². The molecule has 2 aromatic heterocycles. The number of rotatable bonds is 4. The number of aryl methyl sites for hydroxylation is 2. The van der Waals surface area contributed by atoms with Crippen LogP contribution >= 0.6 is 11.3 Å². The molecule has 0 fully saturated rings. The number of fused-ring (bicyclic) bond motifs is 1. The van der Waals surface area contributed by atoms with Gasteiger partial charge in [0.1, 0.15) is 5.56 Å². The van der Waals surface area contributed by atoms with E-state index in [1.807, 2.05) is 85.8 Å². The van der Waals surface area contributed by atoms with Crippen molar-refractivity contribution in [3.63, 3.8) is 0 Å². The molecule has 0 aliphatic heterocycles. The second kappa shape index (κ2) is 8.44. The topological polar surface area (TPSA) is 76.9 Å². The molecule has 6 nitrogen and oxygen atoms in total. The zero-order valence-corrected chi connectivity index (χ0v) is 18.9. The molecule has 2 heterocycles. The van der Waals surface area contributed by atoms with E-state index in [1.165, 1.54) is 16.0 Å². The molecule has 33 heavy (non-hydrogen) atoms. The molecular formula is C26H20N4O2S. The number of hydrogen-bond donors (Lipinski definition) is 1. The van der Waals surface area contributed by atoms with Crippen LogP contribution in [0.3, 0.4) is 0 Å². The smallest absolute Gasteiger partial charge is 0.280 e. The monoisotopic (exact) mass is 452 g/mol. The van der Waals surface area contributed by atoms with Crippen LogP contribution in [-0.2, 0) is 7.05 Å². The highest BCUT2D eigenvalue weighted by Gasteiger charge is 2.25. The maximum Gasteiger partial charge on any atom is 0.280 e. The number of carbonyl (C=O) groups excluding carboxylic acids is 1. The molecule has 0 aliphatic carbocycles. The summed E-state index contributed by atoms with van der Waals surface area (Å²) in [5.74, 6) is -0.509. The second-order valence-electron chi connectivity index (χ2n) is 7.70. The van der Waals surface area contributed by atoms with Crippen molar-refractivity contribution in [1.82, 2.24) is 14.8 Å². The molecule has 5 rings (SSSR count). The predicted molar refractivity (Wildman–Crippen MR) is 133 cm³/mol. The Morgan fingerprint density at radius 3 is 2.30 bits per heavy atom. The molecule has 1 N–H and O–H groups in total. The quantitative estimate of drug-likeness (QED) is 0.402. The summed E-state index contributed by atoms with van der Waals surface area (Å²) in [5, 5.41) is 7.82. The zero-order chi connectivity index (χ0) is 22.9. The summed E-state index contributed by atoms with van der Waals surface area (Å²) in [4.78, 5) is 31.3. The predicted octanol–water partition coefficient (Wildman–Crippen LogP) is 5.28. The van der Waals surface area contributed by atoms with Gasteiger partial charge in [0.25, 0.3) is 11.5 Å². The Morgan fingerprint density at radius 2 is 1.61 bits per heavy atom. The lowest BCUT2D eigenvalue weighted by molar-refractivity contribution is 0.102. The fraction of sp³-hybridized carbons (Fsp3) is 0.0769. The first-order valence-electron chi connectivity index (χ1n) is 10.4. The lowest BCUT2D eigenvalue weighted by Gasteiger charge is -2.15. The van der Waals surface area contributed by atoms with Crippen LogP contribution in [-0.4, -0.2) is 20.7 Å². The Hall–Kier alpha value is -4.10. The van der Waals surface area contributed by atoms with Crippen LogP contribution in [0.15, 0.2) is 83.7 Å². The summed E-state index contributed by atoms with van der Waals surface area (Å²) in [6.07, 6.45) is 0. The average Bonchev–Trinajstić information content (AvgIpc) is 3.22. The van der Waals surface area contributed by atoms with Crippen molar-refractivity contribution in [1.29, 1.82) is 0 Å². The minimum atomic E-state index is -0.509. The third-order valence-electron chi connectivity index (χ3n) is 5.35. The number of nitrogens with one attached hydrogen (secondary N) is 1. The first-order valence-corrected chi connectivity index (χ1v) is 11.2. The number of aromatic nitrogens is 3. The minimum Gasteiger partial charge on any atom is -0.298 e. The van der Waals surface area contributed by atoms with E-state index >= 15 is 0 Å².